The van der Waals surface area contributed by atoms with Gasteiger partial charge in [-0.05, 0) is 19.9 Å². The Labute approximate surface area is 111 Å². The Bertz CT molecular complexity index is 496. The van der Waals surface area contributed by atoms with Crippen molar-refractivity contribution < 1.29 is 4.92 Å². The largest absolute Gasteiger partial charge is 0.347 e. The number of anilines is 2. The molecule has 8 nitrogen and oxygen atoms in total. The zero-order chi connectivity index (χ0) is 14.4. The monoisotopic (exact) mass is 264 g/mol. The van der Waals surface area contributed by atoms with Gasteiger partial charge in [0.2, 0.25) is 5.82 Å². The molecule has 0 unspecified atom stereocenters. The molecular formula is C11H16N6O2. The Hall–Kier alpha value is -2.40. The molecule has 0 saturated heterocycles. The van der Waals surface area contributed by atoms with E-state index in [0.717, 1.165) is 0 Å². The minimum atomic E-state index is -0.496. The van der Waals surface area contributed by atoms with E-state index in [1.807, 2.05) is 19.9 Å². The van der Waals surface area contributed by atoms with Crippen LogP contribution in [0, 0.1) is 21.4 Å². The average Bonchev–Trinajstić information content (AvgIpc) is 2.38. The molecule has 3 N–H and O–H groups in total. The number of nitrogens with zero attached hydrogens (tertiary/aromatic N) is 4. The van der Waals surface area contributed by atoms with Gasteiger partial charge in [0.1, 0.15) is 5.82 Å². The number of nitrogens with two attached hydrogens (primary N) is 1. The van der Waals surface area contributed by atoms with Gasteiger partial charge in [0.15, 0.2) is 0 Å². The Morgan fingerprint density at radius 2 is 2.32 bits per heavy atom. The van der Waals surface area contributed by atoms with Crippen molar-refractivity contribution in [1.82, 2.24) is 4.98 Å². The van der Waals surface area contributed by atoms with E-state index in [4.69, 9.17) is 11.1 Å². The van der Waals surface area contributed by atoms with Crippen LogP contribution in [0.25, 0.3) is 0 Å². The van der Waals surface area contributed by atoms with Gasteiger partial charge in [-0.1, -0.05) is 0 Å². The lowest BCUT2D eigenvalue weighted by atomic mass is 10.2. The summed E-state index contributed by atoms with van der Waals surface area (Å²) in [4.78, 5) is 16.4. The number of pyridine rings is 1. The van der Waals surface area contributed by atoms with Crippen molar-refractivity contribution in [1.29, 1.82) is 5.26 Å². The van der Waals surface area contributed by atoms with Crippen LogP contribution in [0.3, 0.4) is 0 Å². The van der Waals surface area contributed by atoms with E-state index in [0.29, 0.717) is 12.4 Å². The highest BCUT2D eigenvalue weighted by molar-refractivity contribution is 5.62. The number of nitriles is 1. The van der Waals surface area contributed by atoms with Gasteiger partial charge in [-0.25, -0.2) is 10.8 Å². The van der Waals surface area contributed by atoms with Crippen LogP contribution in [0.1, 0.15) is 20.3 Å². The molecule has 0 radical (unpaired) electrons. The highest BCUT2D eigenvalue weighted by Gasteiger charge is 2.23. The third-order valence-electron chi connectivity index (χ3n) is 2.56. The lowest BCUT2D eigenvalue weighted by molar-refractivity contribution is -0.384. The molecule has 0 atom stereocenters. The van der Waals surface area contributed by atoms with Crippen LogP contribution in [-0.4, -0.2) is 22.5 Å². The number of hydrogen-bond donors (Lipinski definition) is 2. The van der Waals surface area contributed by atoms with Crippen LogP contribution in [0.4, 0.5) is 17.3 Å². The van der Waals surface area contributed by atoms with Gasteiger partial charge >= 0.3 is 5.69 Å². The SMILES string of the molecule is CC(C)N(CCC#N)c1nc(NN)ccc1[N+](=O)[O-]. The topological polar surface area (TPSA) is 121 Å². The first-order valence-corrected chi connectivity index (χ1v) is 5.77. The van der Waals surface area contributed by atoms with Crippen molar-refractivity contribution in [3.63, 3.8) is 0 Å². The van der Waals surface area contributed by atoms with Crippen molar-refractivity contribution in [2.24, 2.45) is 5.84 Å². The van der Waals surface area contributed by atoms with Gasteiger partial charge in [-0.2, -0.15) is 5.26 Å². The minimum Gasteiger partial charge on any atom is -0.347 e. The van der Waals surface area contributed by atoms with Gasteiger partial charge in [0.05, 0.1) is 17.4 Å². The zero-order valence-corrected chi connectivity index (χ0v) is 10.8. The predicted molar refractivity (Wildman–Crippen MR) is 71.4 cm³/mol. The van der Waals surface area contributed by atoms with E-state index in [2.05, 4.69) is 10.4 Å². The molecule has 0 spiro atoms. The number of rotatable bonds is 6. The van der Waals surface area contributed by atoms with E-state index < -0.39 is 4.92 Å². The molecular weight excluding hydrogens is 248 g/mol. The Morgan fingerprint density at radius 1 is 1.63 bits per heavy atom. The van der Waals surface area contributed by atoms with Crippen molar-refractivity contribution in [2.45, 2.75) is 26.3 Å². The number of nitrogens with one attached hydrogen (secondary N) is 1. The highest BCUT2D eigenvalue weighted by Crippen LogP contribution is 2.28. The summed E-state index contributed by atoms with van der Waals surface area (Å²) < 4.78 is 0. The van der Waals surface area contributed by atoms with Crippen molar-refractivity contribution in [2.75, 3.05) is 16.9 Å². The second kappa shape index (κ2) is 6.51. The predicted octanol–water partition coefficient (Wildman–Crippen LogP) is 1.40. The maximum absolute atomic E-state index is 11.0. The molecule has 1 aromatic rings. The second-order valence-corrected chi connectivity index (χ2v) is 4.14. The molecule has 1 heterocycles. The van der Waals surface area contributed by atoms with Crippen molar-refractivity contribution >= 4 is 17.3 Å². The second-order valence-electron chi connectivity index (χ2n) is 4.14. The summed E-state index contributed by atoms with van der Waals surface area (Å²) in [5.74, 6) is 5.82. The molecule has 0 fully saturated rings. The summed E-state index contributed by atoms with van der Waals surface area (Å²) >= 11 is 0. The van der Waals surface area contributed by atoms with Crippen LogP contribution in [0.15, 0.2) is 12.1 Å². The number of nitrogen functional groups attached to an aromatic ring is 1. The molecule has 0 aliphatic rings. The Kier molecular flexibility index (Phi) is 5.02. The van der Waals surface area contributed by atoms with Crippen LogP contribution in [-0.2, 0) is 0 Å². The molecule has 0 aliphatic carbocycles. The summed E-state index contributed by atoms with van der Waals surface area (Å²) in [5, 5.41) is 19.7. The summed E-state index contributed by atoms with van der Waals surface area (Å²) in [6, 6.07) is 4.78. The standard InChI is InChI=1S/C11H16N6O2/c1-8(2)16(7-3-6-12)11-9(17(18)19)4-5-10(14-11)15-13/h4-5,8H,3,7,13H2,1-2H3,(H,14,15). The normalized spacial score (nSPS) is 10.1. The van der Waals surface area contributed by atoms with Gasteiger partial charge in [0, 0.05) is 18.7 Å². The van der Waals surface area contributed by atoms with Crippen LogP contribution < -0.4 is 16.2 Å². The number of hydrogen-bond acceptors (Lipinski definition) is 7. The van der Waals surface area contributed by atoms with Crippen LogP contribution >= 0.6 is 0 Å². The quantitative estimate of drug-likeness (QED) is 0.452. The van der Waals surface area contributed by atoms with E-state index in [9.17, 15) is 10.1 Å². The summed E-state index contributed by atoms with van der Waals surface area (Å²) in [5.41, 5.74) is 2.25. The van der Waals surface area contributed by atoms with E-state index >= 15 is 0 Å². The van der Waals surface area contributed by atoms with E-state index in [1.54, 1.807) is 4.90 Å². The van der Waals surface area contributed by atoms with Crippen LogP contribution in [0.2, 0.25) is 0 Å². The molecule has 1 rings (SSSR count). The van der Waals surface area contributed by atoms with Crippen molar-refractivity contribution in [3.05, 3.63) is 22.2 Å². The average molecular weight is 264 g/mol. The first kappa shape index (κ1) is 14.7. The highest BCUT2D eigenvalue weighted by atomic mass is 16.6. The summed E-state index contributed by atoms with van der Waals surface area (Å²) in [7, 11) is 0. The molecule has 1 aromatic heterocycles. The van der Waals surface area contributed by atoms with Gasteiger partial charge in [-0.3, -0.25) is 10.1 Å². The number of nitro groups is 1. The smallest absolute Gasteiger partial charge is 0.311 e. The fourth-order valence-corrected chi connectivity index (χ4v) is 1.65. The summed E-state index contributed by atoms with van der Waals surface area (Å²) in [6.07, 6.45) is 0.261. The molecule has 0 amide bonds. The van der Waals surface area contributed by atoms with Gasteiger partial charge in [-0.15, -0.1) is 0 Å². The summed E-state index contributed by atoms with van der Waals surface area (Å²) in [6.45, 7) is 4.13. The zero-order valence-electron chi connectivity index (χ0n) is 10.8. The van der Waals surface area contributed by atoms with E-state index in [1.165, 1.54) is 12.1 Å². The molecule has 0 bridgehead atoms. The molecule has 8 heteroatoms. The first-order chi connectivity index (χ1) is 9.01. The van der Waals surface area contributed by atoms with E-state index in [-0.39, 0.29) is 24.0 Å². The van der Waals surface area contributed by atoms with Gasteiger partial charge < -0.3 is 10.3 Å². The van der Waals surface area contributed by atoms with Gasteiger partial charge in [0.25, 0.3) is 0 Å². The number of aromatic nitrogens is 1. The lowest BCUT2D eigenvalue weighted by Crippen LogP contribution is -2.33. The minimum absolute atomic E-state index is 0.0208. The molecule has 102 valence electrons. The molecule has 0 aromatic carbocycles. The maximum atomic E-state index is 11.0. The molecule has 19 heavy (non-hydrogen) atoms. The molecule has 0 saturated carbocycles. The molecule has 0 aliphatic heterocycles. The third kappa shape index (κ3) is 3.53. The first-order valence-electron chi connectivity index (χ1n) is 5.77. The fraction of sp³-hybridized carbons (Fsp3) is 0.455. The number of hydrazine groups is 1. The lowest BCUT2D eigenvalue weighted by Gasteiger charge is -2.26. The third-order valence-corrected chi connectivity index (χ3v) is 2.56. The fourth-order valence-electron chi connectivity index (χ4n) is 1.65. The van der Waals surface area contributed by atoms with Crippen LogP contribution in [0.5, 0.6) is 0 Å². The maximum Gasteiger partial charge on any atom is 0.311 e. The Balaban J connectivity index is 3.25. The van der Waals surface area contributed by atoms with Crippen molar-refractivity contribution in [3.8, 4) is 6.07 Å². The Morgan fingerprint density at radius 3 is 2.79 bits per heavy atom.